The fraction of sp³-hybridized carbons (Fsp3) is 0.190. The van der Waals surface area contributed by atoms with Crippen LogP contribution in [0.2, 0.25) is 0 Å². The Balaban J connectivity index is 1.66. The SMILES string of the molecule is Cc1ccc(C(=O)COC(=O)[C@H](Cc2ccccc2)NC(=O)c2ccco2)s1. The molecule has 3 aromatic rings. The number of amides is 1. The lowest BCUT2D eigenvalue weighted by Crippen LogP contribution is -2.43. The minimum atomic E-state index is -0.946. The molecular formula is C21H19NO5S. The molecule has 144 valence electrons. The van der Waals surface area contributed by atoms with E-state index in [2.05, 4.69) is 5.32 Å². The van der Waals surface area contributed by atoms with E-state index in [1.54, 1.807) is 12.1 Å². The van der Waals surface area contributed by atoms with E-state index in [4.69, 9.17) is 9.15 Å². The molecule has 0 fully saturated rings. The molecule has 2 heterocycles. The second-order valence-corrected chi connectivity index (χ2v) is 7.42. The second-order valence-electron chi connectivity index (χ2n) is 6.13. The molecule has 0 aliphatic heterocycles. The highest BCUT2D eigenvalue weighted by atomic mass is 32.1. The van der Waals surface area contributed by atoms with Crippen molar-refractivity contribution >= 4 is 29.0 Å². The van der Waals surface area contributed by atoms with Crippen molar-refractivity contribution in [2.45, 2.75) is 19.4 Å². The third-order valence-corrected chi connectivity index (χ3v) is 5.02. The van der Waals surface area contributed by atoms with E-state index >= 15 is 0 Å². The van der Waals surface area contributed by atoms with Gasteiger partial charge < -0.3 is 14.5 Å². The molecule has 0 saturated heterocycles. The molecule has 0 unspecified atom stereocenters. The largest absolute Gasteiger partial charge is 0.459 e. The summed E-state index contributed by atoms with van der Waals surface area (Å²) >= 11 is 1.34. The highest BCUT2D eigenvalue weighted by Crippen LogP contribution is 2.16. The molecule has 0 radical (unpaired) electrons. The number of Topliss-reactive ketones (excluding diaryl/α,β-unsaturated/α-hetero) is 1. The van der Waals surface area contributed by atoms with Crippen molar-refractivity contribution in [1.82, 2.24) is 5.32 Å². The third-order valence-electron chi connectivity index (χ3n) is 3.98. The highest BCUT2D eigenvalue weighted by Gasteiger charge is 2.25. The topological polar surface area (TPSA) is 85.6 Å². The van der Waals surface area contributed by atoms with E-state index in [9.17, 15) is 14.4 Å². The monoisotopic (exact) mass is 397 g/mol. The Morgan fingerprint density at radius 3 is 2.50 bits per heavy atom. The van der Waals surface area contributed by atoms with Crippen molar-refractivity contribution in [2.75, 3.05) is 6.61 Å². The zero-order valence-electron chi connectivity index (χ0n) is 15.2. The molecule has 0 spiro atoms. The molecular weight excluding hydrogens is 378 g/mol. The van der Waals surface area contributed by atoms with Crippen LogP contribution in [-0.4, -0.2) is 30.3 Å². The van der Waals surface area contributed by atoms with Crippen molar-refractivity contribution in [1.29, 1.82) is 0 Å². The number of nitrogens with one attached hydrogen (secondary N) is 1. The highest BCUT2D eigenvalue weighted by molar-refractivity contribution is 7.14. The Morgan fingerprint density at radius 2 is 1.86 bits per heavy atom. The van der Waals surface area contributed by atoms with E-state index in [0.29, 0.717) is 4.88 Å². The number of carbonyl (C=O) groups is 3. The van der Waals surface area contributed by atoms with Crippen LogP contribution < -0.4 is 5.32 Å². The van der Waals surface area contributed by atoms with Crippen molar-refractivity contribution in [3.63, 3.8) is 0 Å². The van der Waals surface area contributed by atoms with Crippen molar-refractivity contribution in [3.05, 3.63) is 81.9 Å². The summed E-state index contributed by atoms with van der Waals surface area (Å²) in [5.41, 5.74) is 0.851. The molecule has 6 nitrogen and oxygen atoms in total. The van der Waals surface area contributed by atoms with Crippen molar-refractivity contribution in [3.8, 4) is 0 Å². The van der Waals surface area contributed by atoms with Crippen LogP contribution in [0, 0.1) is 6.92 Å². The Hall–Kier alpha value is -3.19. The number of furan rings is 1. The van der Waals surface area contributed by atoms with Gasteiger partial charge in [-0.1, -0.05) is 30.3 Å². The number of hydrogen-bond acceptors (Lipinski definition) is 6. The number of thiophene rings is 1. The molecule has 7 heteroatoms. The Morgan fingerprint density at radius 1 is 1.07 bits per heavy atom. The smallest absolute Gasteiger partial charge is 0.329 e. The van der Waals surface area contributed by atoms with Gasteiger partial charge in [-0.3, -0.25) is 9.59 Å². The Kier molecular flexibility index (Phi) is 6.39. The Bertz CT molecular complexity index is 946. The van der Waals surface area contributed by atoms with E-state index in [1.165, 1.54) is 23.7 Å². The number of ketones is 1. The summed E-state index contributed by atoms with van der Waals surface area (Å²) < 4.78 is 10.3. The lowest BCUT2D eigenvalue weighted by molar-refractivity contribution is -0.144. The molecule has 0 aliphatic carbocycles. The summed E-state index contributed by atoms with van der Waals surface area (Å²) in [6, 6.07) is 14.9. The van der Waals surface area contributed by atoms with E-state index in [-0.39, 0.29) is 24.6 Å². The van der Waals surface area contributed by atoms with Gasteiger partial charge >= 0.3 is 5.97 Å². The van der Waals surface area contributed by atoms with Gasteiger partial charge in [0, 0.05) is 11.3 Å². The predicted molar refractivity (Wildman–Crippen MR) is 104 cm³/mol. The molecule has 1 N–H and O–H groups in total. The van der Waals surface area contributed by atoms with Crippen molar-refractivity contribution in [2.24, 2.45) is 0 Å². The first-order valence-corrected chi connectivity index (χ1v) is 9.49. The maximum atomic E-state index is 12.6. The third kappa shape index (κ3) is 5.17. The summed E-state index contributed by atoms with van der Waals surface area (Å²) in [6.45, 7) is 1.52. The molecule has 3 rings (SSSR count). The van der Waals surface area contributed by atoms with Crippen LogP contribution in [-0.2, 0) is 16.0 Å². The predicted octanol–water partition coefficient (Wildman–Crippen LogP) is 3.42. The fourth-order valence-corrected chi connectivity index (χ4v) is 3.36. The van der Waals surface area contributed by atoms with Gasteiger partial charge in [-0.15, -0.1) is 11.3 Å². The summed E-state index contributed by atoms with van der Waals surface area (Å²) in [5.74, 6) is -1.38. The maximum absolute atomic E-state index is 12.6. The molecule has 2 aromatic heterocycles. The first-order valence-electron chi connectivity index (χ1n) is 8.67. The van der Waals surface area contributed by atoms with Crippen LogP contribution in [0.5, 0.6) is 0 Å². The maximum Gasteiger partial charge on any atom is 0.329 e. The average molecular weight is 397 g/mol. The van der Waals surface area contributed by atoms with Crippen LogP contribution in [0.25, 0.3) is 0 Å². The molecule has 1 amide bonds. The number of aryl methyl sites for hydroxylation is 1. The van der Waals surface area contributed by atoms with Gasteiger partial charge in [0.25, 0.3) is 5.91 Å². The van der Waals surface area contributed by atoms with E-state index < -0.39 is 17.9 Å². The standard InChI is InChI=1S/C21H19NO5S/c1-14-9-10-19(28-14)17(23)13-27-21(25)16(12-15-6-3-2-4-7-15)22-20(24)18-8-5-11-26-18/h2-11,16H,12-13H2,1H3,(H,22,24)/t16-/m0/s1. The molecule has 0 saturated carbocycles. The summed E-state index contributed by atoms with van der Waals surface area (Å²) in [5, 5.41) is 2.62. The second kappa shape index (κ2) is 9.14. The van der Waals surface area contributed by atoms with Gasteiger partial charge in [0.05, 0.1) is 11.1 Å². The van der Waals surface area contributed by atoms with Gasteiger partial charge in [0.1, 0.15) is 6.04 Å². The number of esters is 1. The van der Waals surface area contributed by atoms with Gasteiger partial charge in [0.15, 0.2) is 12.4 Å². The van der Waals surface area contributed by atoms with E-state index in [0.717, 1.165) is 10.4 Å². The van der Waals surface area contributed by atoms with Gasteiger partial charge in [0.2, 0.25) is 5.78 Å². The van der Waals surface area contributed by atoms with Crippen LogP contribution in [0.15, 0.2) is 65.3 Å². The molecule has 1 aromatic carbocycles. The minimum Gasteiger partial charge on any atom is -0.459 e. The van der Waals surface area contributed by atoms with Crippen LogP contribution in [0.3, 0.4) is 0 Å². The lowest BCUT2D eigenvalue weighted by Gasteiger charge is -2.17. The van der Waals surface area contributed by atoms with Gasteiger partial charge in [-0.05, 0) is 36.8 Å². The van der Waals surface area contributed by atoms with Gasteiger partial charge in [-0.25, -0.2) is 4.79 Å². The summed E-state index contributed by atoms with van der Waals surface area (Å²) in [7, 11) is 0. The fourth-order valence-electron chi connectivity index (χ4n) is 2.57. The number of hydrogen-bond donors (Lipinski definition) is 1. The number of rotatable bonds is 8. The quantitative estimate of drug-likeness (QED) is 0.465. The zero-order chi connectivity index (χ0) is 19.9. The number of carbonyl (C=O) groups excluding carboxylic acids is 3. The van der Waals surface area contributed by atoms with Crippen LogP contribution in [0.1, 0.15) is 30.7 Å². The van der Waals surface area contributed by atoms with Crippen molar-refractivity contribution < 1.29 is 23.5 Å². The summed E-state index contributed by atoms with van der Waals surface area (Å²) in [4.78, 5) is 38.6. The van der Waals surface area contributed by atoms with Gasteiger partial charge in [-0.2, -0.15) is 0 Å². The number of ether oxygens (including phenoxy) is 1. The first-order chi connectivity index (χ1) is 13.5. The lowest BCUT2D eigenvalue weighted by atomic mass is 10.1. The molecule has 1 atom stereocenters. The summed E-state index contributed by atoms with van der Waals surface area (Å²) in [6.07, 6.45) is 1.61. The van der Waals surface area contributed by atoms with Crippen LogP contribution >= 0.6 is 11.3 Å². The number of benzene rings is 1. The molecule has 0 bridgehead atoms. The normalized spacial score (nSPS) is 11.6. The zero-order valence-corrected chi connectivity index (χ0v) is 16.0. The van der Waals surface area contributed by atoms with E-state index in [1.807, 2.05) is 43.3 Å². The first kappa shape index (κ1) is 19.6. The minimum absolute atomic E-state index is 0.0935. The molecule has 0 aliphatic rings. The Labute approximate surface area is 166 Å². The molecule has 28 heavy (non-hydrogen) atoms. The van der Waals surface area contributed by atoms with Crippen LogP contribution in [0.4, 0.5) is 0 Å². The average Bonchev–Trinajstić information content (AvgIpc) is 3.38.